The van der Waals surface area contributed by atoms with Gasteiger partial charge in [-0.05, 0) is 49.7 Å². The number of benzene rings is 2. The van der Waals surface area contributed by atoms with Crippen LogP contribution in [0.5, 0.6) is 0 Å². The van der Waals surface area contributed by atoms with Crippen LogP contribution in [0.1, 0.15) is 79.4 Å². The van der Waals surface area contributed by atoms with Crippen LogP contribution < -0.4 is 0 Å². The lowest BCUT2D eigenvalue weighted by molar-refractivity contribution is -0.157. The van der Waals surface area contributed by atoms with Crippen molar-refractivity contribution in [3.63, 3.8) is 0 Å². The Hall–Kier alpha value is -3.10. The fourth-order valence-corrected chi connectivity index (χ4v) is 6.51. The molecule has 2 aromatic rings. The van der Waals surface area contributed by atoms with E-state index in [2.05, 4.69) is 27.7 Å². The summed E-state index contributed by atoms with van der Waals surface area (Å²) in [7, 11) is 0. The largest absolute Gasteiger partial charge is 0.438 e. The average molecular weight is 553 g/mol. The Labute approximate surface area is 237 Å². The van der Waals surface area contributed by atoms with Crippen molar-refractivity contribution in [2.75, 3.05) is 13.1 Å². The molecule has 2 fully saturated rings. The molecular formula is C32H44N2O6. The normalized spacial score (nSPS) is 30.9. The van der Waals surface area contributed by atoms with Crippen LogP contribution in [0.4, 0.5) is 9.59 Å². The molecule has 2 amide bonds. The lowest BCUT2D eigenvalue weighted by Crippen LogP contribution is -2.60. The molecule has 4 rings (SSSR count). The third-order valence-corrected chi connectivity index (χ3v) is 9.34. The highest BCUT2D eigenvalue weighted by molar-refractivity contribution is 5.74. The Morgan fingerprint density at radius 2 is 0.925 bits per heavy atom. The van der Waals surface area contributed by atoms with Crippen molar-refractivity contribution in [3.8, 4) is 0 Å². The number of carbonyl (C=O) groups excluding carboxylic acids is 2. The van der Waals surface area contributed by atoms with Gasteiger partial charge in [-0.1, -0.05) is 88.4 Å². The summed E-state index contributed by atoms with van der Waals surface area (Å²) < 4.78 is 11.6. The van der Waals surface area contributed by atoms with Crippen LogP contribution in [0, 0.1) is 0 Å². The van der Waals surface area contributed by atoms with E-state index in [4.69, 9.17) is 9.47 Å². The van der Waals surface area contributed by atoms with Crippen molar-refractivity contribution in [2.24, 2.45) is 0 Å². The smallest absolute Gasteiger partial charge is 0.412 e. The third-order valence-electron chi connectivity index (χ3n) is 9.34. The second kappa shape index (κ2) is 9.77. The van der Waals surface area contributed by atoms with Gasteiger partial charge in [0, 0.05) is 25.9 Å². The Morgan fingerprint density at radius 3 is 1.23 bits per heavy atom. The third kappa shape index (κ3) is 4.96. The molecule has 2 aliphatic heterocycles. The van der Waals surface area contributed by atoms with E-state index in [1.165, 1.54) is 9.80 Å². The number of hydrogen-bond donors (Lipinski definition) is 2. The van der Waals surface area contributed by atoms with E-state index in [9.17, 15) is 19.8 Å². The zero-order valence-electron chi connectivity index (χ0n) is 25.0. The number of nitrogens with zero attached hydrogens (tertiary/aromatic N) is 2. The summed E-state index contributed by atoms with van der Waals surface area (Å²) in [5.41, 5.74) is -4.42. The number of ether oxygens (including phenoxy) is 2. The molecule has 0 bridgehead atoms. The van der Waals surface area contributed by atoms with E-state index < -0.39 is 45.7 Å². The van der Waals surface area contributed by atoms with Gasteiger partial charge in [-0.25, -0.2) is 9.59 Å². The van der Waals surface area contributed by atoms with E-state index in [1.807, 2.05) is 60.7 Å². The van der Waals surface area contributed by atoms with Crippen LogP contribution in [0.25, 0.3) is 0 Å². The van der Waals surface area contributed by atoms with Crippen LogP contribution in [-0.2, 0) is 20.3 Å². The molecule has 0 spiro atoms. The summed E-state index contributed by atoms with van der Waals surface area (Å²) in [5, 5.41) is 23.4. The van der Waals surface area contributed by atoms with E-state index in [-0.39, 0.29) is 13.1 Å². The highest BCUT2D eigenvalue weighted by Crippen LogP contribution is 2.47. The van der Waals surface area contributed by atoms with Crippen LogP contribution in [0.3, 0.4) is 0 Å². The van der Waals surface area contributed by atoms with Gasteiger partial charge in [0.1, 0.15) is 0 Å². The number of hydrogen-bond acceptors (Lipinski definition) is 6. The minimum Gasteiger partial charge on any atom is -0.438 e. The molecule has 2 heterocycles. The summed E-state index contributed by atoms with van der Waals surface area (Å²) in [5.74, 6) is 0. The van der Waals surface area contributed by atoms with Gasteiger partial charge >= 0.3 is 12.2 Å². The molecule has 0 unspecified atom stereocenters. The molecule has 2 aromatic carbocycles. The molecule has 218 valence electrons. The standard InChI is InChI=1S/C32H44N2O6/c1-27(2,23-15-11-9-12-16-23)21-29(5)31(7,37)33(25(35)39-29)19-20-34-26(36)40-30(6,32(34,8)38)22-28(3,4)24-17-13-10-14-18-24/h9-18,37-38H,19-22H2,1-8H3/t29-,30+,31-,32+. The topological polar surface area (TPSA) is 99.5 Å². The molecule has 2 N–H and O–H groups in total. The van der Waals surface area contributed by atoms with E-state index in [0.29, 0.717) is 12.8 Å². The fourth-order valence-electron chi connectivity index (χ4n) is 6.51. The minimum absolute atomic E-state index is 0.0450. The first kappa shape index (κ1) is 29.9. The van der Waals surface area contributed by atoms with Crippen LogP contribution in [0.15, 0.2) is 60.7 Å². The molecule has 8 nitrogen and oxygen atoms in total. The van der Waals surface area contributed by atoms with Gasteiger partial charge in [0.05, 0.1) is 0 Å². The predicted molar refractivity (Wildman–Crippen MR) is 153 cm³/mol. The van der Waals surface area contributed by atoms with Crippen LogP contribution in [0.2, 0.25) is 0 Å². The highest BCUT2D eigenvalue weighted by atomic mass is 16.6. The zero-order chi connectivity index (χ0) is 29.8. The average Bonchev–Trinajstić information content (AvgIpc) is 3.12. The van der Waals surface area contributed by atoms with Gasteiger partial charge < -0.3 is 19.7 Å². The van der Waals surface area contributed by atoms with E-state index in [1.54, 1.807) is 27.7 Å². The molecule has 4 atom stereocenters. The SMILES string of the molecule is CC(C)(C[C@@]1(C)OC(=O)N(CCN2C(=O)O[C@@](C)(CC(C)(C)c3ccccc3)[C@]2(C)O)[C@]1(C)O)c1ccccc1. The highest BCUT2D eigenvalue weighted by Gasteiger charge is 2.63. The fraction of sp³-hybridized carbons (Fsp3) is 0.562. The van der Waals surface area contributed by atoms with Gasteiger partial charge in [-0.2, -0.15) is 0 Å². The molecule has 8 heteroatoms. The van der Waals surface area contributed by atoms with E-state index >= 15 is 0 Å². The van der Waals surface area contributed by atoms with Gasteiger partial charge in [0.25, 0.3) is 0 Å². The number of carbonyl (C=O) groups is 2. The number of aliphatic hydroxyl groups is 2. The molecular weight excluding hydrogens is 508 g/mol. The molecule has 2 saturated heterocycles. The lowest BCUT2D eigenvalue weighted by Gasteiger charge is -2.43. The van der Waals surface area contributed by atoms with Gasteiger partial charge in [-0.3, -0.25) is 9.80 Å². The molecule has 0 aromatic heterocycles. The summed E-state index contributed by atoms with van der Waals surface area (Å²) in [6.07, 6.45) is -0.599. The Balaban J connectivity index is 1.50. The summed E-state index contributed by atoms with van der Waals surface area (Å²) in [6.45, 7) is 14.7. The predicted octanol–water partition coefficient (Wildman–Crippen LogP) is 5.56. The zero-order valence-corrected chi connectivity index (χ0v) is 25.0. The second-order valence-electron chi connectivity index (χ2n) is 13.4. The maximum atomic E-state index is 13.1. The minimum atomic E-state index is -1.66. The monoisotopic (exact) mass is 552 g/mol. The summed E-state index contributed by atoms with van der Waals surface area (Å²) in [6, 6.07) is 19.8. The maximum absolute atomic E-state index is 13.1. The quantitative estimate of drug-likeness (QED) is 0.423. The van der Waals surface area contributed by atoms with Crippen LogP contribution >= 0.6 is 0 Å². The Morgan fingerprint density at radius 1 is 0.625 bits per heavy atom. The van der Waals surface area contributed by atoms with Crippen molar-refractivity contribution in [3.05, 3.63) is 71.8 Å². The van der Waals surface area contributed by atoms with Crippen molar-refractivity contribution < 1.29 is 29.3 Å². The maximum Gasteiger partial charge on any atom is 0.412 e. The Kier molecular flexibility index (Phi) is 7.30. The second-order valence-corrected chi connectivity index (χ2v) is 13.4. The van der Waals surface area contributed by atoms with Crippen LogP contribution in [-0.4, -0.2) is 67.9 Å². The molecule has 0 radical (unpaired) electrons. The van der Waals surface area contributed by atoms with Crippen molar-refractivity contribution in [2.45, 2.75) is 102 Å². The number of rotatable bonds is 9. The first-order chi connectivity index (χ1) is 18.4. The summed E-state index contributed by atoms with van der Waals surface area (Å²) >= 11 is 0. The first-order valence-corrected chi connectivity index (χ1v) is 13.9. The molecule has 0 saturated carbocycles. The first-order valence-electron chi connectivity index (χ1n) is 13.9. The number of cyclic esters (lactones) is 2. The van der Waals surface area contributed by atoms with Gasteiger partial charge in [0.2, 0.25) is 0 Å². The lowest BCUT2D eigenvalue weighted by atomic mass is 9.72. The van der Waals surface area contributed by atoms with Crippen molar-refractivity contribution in [1.82, 2.24) is 9.80 Å². The van der Waals surface area contributed by atoms with Gasteiger partial charge in [0.15, 0.2) is 22.7 Å². The number of amides is 2. The molecule has 2 aliphatic rings. The van der Waals surface area contributed by atoms with Crippen molar-refractivity contribution >= 4 is 12.2 Å². The Bertz CT molecular complexity index is 1150. The summed E-state index contributed by atoms with van der Waals surface area (Å²) in [4.78, 5) is 28.7. The van der Waals surface area contributed by atoms with Gasteiger partial charge in [-0.15, -0.1) is 0 Å². The molecule has 40 heavy (non-hydrogen) atoms. The van der Waals surface area contributed by atoms with Crippen molar-refractivity contribution in [1.29, 1.82) is 0 Å². The molecule has 0 aliphatic carbocycles. The van der Waals surface area contributed by atoms with E-state index in [0.717, 1.165) is 11.1 Å².